The van der Waals surface area contributed by atoms with Crippen molar-refractivity contribution in [2.75, 3.05) is 44.3 Å². The molecule has 3 amide bonds. The second-order valence-corrected chi connectivity index (χ2v) is 10.5. The summed E-state index contributed by atoms with van der Waals surface area (Å²) in [6.45, 7) is 5.59. The van der Waals surface area contributed by atoms with Crippen LogP contribution < -0.4 is 4.90 Å². The van der Waals surface area contributed by atoms with Crippen LogP contribution >= 0.6 is 0 Å². The molecule has 1 spiro atoms. The van der Waals surface area contributed by atoms with Gasteiger partial charge in [-0.15, -0.1) is 0 Å². The number of amides is 3. The summed E-state index contributed by atoms with van der Waals surface area (Å²) in [6.07, 6.45) is 6.44. The summed E-state index contributed by atoms with van der Waals surface area (Å²) < 4.78 is 0. The third-order valence-corrected chi connectivity index (χ3v) is 8.40. The van der Waals surface area contributed by atoms with E-state index in [2.05, 4.69) is 11.8 Å². The minimum Gasteiger partial charge on any atom is -0.342 e. The van der Waals surface area contributed by atoms with Gasteiger partial charge in [0, 0.05) is 37.8 Å². The molecule has 7 heteroatoms. The summed E-state index contributed by atoms with van der Waals surface area (Å²) in [5.74, 6) is 1.20. The second-order valence-electron chi connectivity index (χ2n) is 10.5. The molecule has 1 aromatic rings. The van der Waals surface area contributed by atoms with Crippen molar-refractivity contribution >= 4 is 23.4 Å². The van der Waals surface area contributed by atoms with Crippen LogP contribution in [-0.4, -0.2) is 77.4 Å². The van der Waals surface area contributed by atoms with Crippen molar-refractivity contribution in [2.24, 2.45) is 11.8 Å². The molecule has 5 rings (SSSR count). The van der Waals surface area contributed by atoms with Gasteiger partial charge in [-0.2, -0.15) is 0 Å². The molecule has 0 radical (unpaired) electrons. The van der Waals surface area contributed by atoms with Gasteiger partial charge in [0.15, 0.2) is 0 Å². The van der Waals surface area contributed by atoms with Gasteiger partial charge >= 0.3 is 0 Å². The van der Waals surface area contributed by atoms with Crippen LogP contribution in [0.15, 0.2) is 30.3 Å². The number of carbonyl (C=O) groups excluding carboxylic acids is 3. The summed E-state index contributed by atoms with van der Waals surface area (Å²) in [7, 11) is 0. The Morgan fingerprint density at radius 1 is 0.939 bits per heavy atom. The monoisotopic (exact) mass is 452 g/mol. The molecule has 0 atom stereocenters. The van der Waals surface area contributed by atoms with Gasteiger partial charge in [0.1, 0.15) is 12.1 Å². The van der Waals surface area contributed by atoms with Gasteiger partial charge in [-0.1, -0.05) is 31.5 Å². The van der Waals surface area contributed by atoms with E-state index in [1.165, 1.54) is 0 Å². The van der Waals surface area contributed by atoms with Gasteiger partial charge in [-0.25, -0.2) is 0 Å². The smallest absolute Gasteiger partial charge is 0.250 e. The summed E-state index contributed by atoms with van der Waals surface area (Å²) in [6, 6.07) is 10.0. The van der Waals surface area contributed by atoms with Crippen molar-refractivity contribution in [3.63, 3.8) is 0 Å². The number of carbonyl (C=O) groups is 3. The van der Waals surface area contributed by atoms with Crippen LogP contribution in [0.25, 0.3) is 0 Å². The number of hydrogen-bond donors (Lipinski definition) is 0. The maximum Gasteiger partial charge on any atom is 0.250 e. The molecule has 0 bridgehead atoms. The standard InChI is InChI=1S/C26H36N4O3/c1-20-10-14-27(15-11-20)23(31)18-29-19-30(22-8-3-2-4-9-22)26(25(29)33)12-16-28(17-13-26)24(32)21-6-5-7-21/h2-4,8-9,20-21H,5-7,10-19H2,1H3. The van der Waals surface area contributed by atoms with E-state index >= 15 is 0 Å². The number of nitrogens with zero attached hydrogens (tertiary/aromatic N) is 4. The zero-order chi connectivity index (χ0) is 23.0. The van der Waals surface area contributed by atoms with Gasteiger partial charge < -0.3 is 19.6 Å². The Morgan fingerprint density at radius 3 is 2.21 bits per heavy atom. The van der Waals surface area contributed by atoms with Crippen LogP contribution in [0.4, 0.5) is 5.69 Å². The Bertz CT molecular complexity index is 884. The number of rotatable bonds is 4. The molecule has 3 saturated heterocycles. The average Bonchev–Trinajstić information content (AvgIpc) is 3.05. The number of piperidine rings is 2. The van der Waals surface area contributed by atoms with E-state index in [0.29, 0.717) is 38.5 Å². The first-order valence-corrected chi connectivity index (χ1v) is 12.7. The SMILES string of the molecule is CC1CCN(C(=O)CN2CN(c3ccccc3)C3(CCN(C(=O)C4CCC4)CC3)C2=O)CC1. The quantitative estimate of drug-likeness (QED) is 0.705. The van der Waals surface area contributed by atoms with E-state index in [0.717, 1.165) is 50.9 Å². The van der Waals surface area contributed by atoms with Crippen molar-refractivity contribution in [3.05, 3.63) is 30.3 Å². The molecule has 3 aliphatic heterocycles. The van der Waals surface area contributed by atoms with Crippen LogP contribution in [0.1, 0.15) is 51.9 Å². The highest BCUT2D eigenvalue weighted by molar-refractivity contribution is 5.96. The highest BCUT2D eigenvalue weighted by Gasteiger charge is 2.54. The van der Waals surface area contributed by atoms with Crippen LogP contribution in [0.5, 0.6) is 0 Å². The minimum absolute atomic E-state index is 0.0424. The predicted octanol–water partition coefficient (Wildman–Crippen LogP) is 2.71. The fraction of sp³-hybridized carbons (Fsp3) is 0.654. The van der Waals surface area contributed by atoms with E-state index in [1.54, 1.807) is 4.90 Å². The first-order chi connectivity index (χ1) is 16.0. The zero-order valence-electron chi connectivity index (χ0n) is 19.7. The molecule has 178 valence electrons. The van der Waals surface area contributed by atoms with Crippen LogP contribution in [0.2, 0.25) is 0 Å². The summed E-state index contributed by atoms with van der Waals surface area (Å²) in [5, 5.41) is 0. The van der Waals surface area contributed by atoms with Crippen LogP contribution in [-0.2, 0) is 14.4 Å². The van der Waals surface area contributed by atoms with Gasteiger partial charge in [-0.05, 0) is 56.6 Å². The second kappa shape index (κ2) is 8.99. The number of hydrogen-bond acceptors (Lipinski definition) is 4. The van der Waals surface area contributed by atoms with E-state index in [1.807, 2.05) is 40.1 Å². The molecule has 33 heavy (non-hydrogen) atoms. The molecular formula is C26H36N4O3. The van der Waals surface area contributed by atoms with Crippen molar-refractivity contribution in [1.82, 2.24) is 14.7 Å². The van der Waals surface area contributed by atoms with Crippen LogP contribution in [0, 0.1) is 11.8 Å². The normalized spacial score (nSPS) is 23.8. The molecule has 1 aromatic carbocycles. The Morgan fingerprint density at radius 2 is 1.61 bits per heavy atom. The first-order valence-electron chi connectivity index (χ1n) is 12.7. The molecular weight excluding hydrogens is 416 g/mol. The molecule has 1 saturated carbocycles. The van der Waals surface area contributed by atoms with Crippen molar-refractivity contribution in [3.8, 4) is 0 Å². The topological polar surface area (TPSA) is 64.2 Å². The fourth-order valence-corrected chi connectivity index (χ4v) is 5.85. The predicted molar refractivity (Wildman–Crippen MR) is 126 cm³/mol. The van der Waals surface area contributed by atoms with Gasteiger partial charge in [-0.3, -0.25) is 14.4 Å². The number of likely N-dealkylation sites (tertiary alicyclic amines) is 2. The van der Waals surface area contributed by atoms with Gasteiger partial charge in [0.2, 0.25) is 11.8 Å². The molecule has 7 nitrogen and oxygen atoms in total. The molecule has 4 fully saturated rings. The van der Waals surface area contributed by atoms with Crippen molar-refractivity contribution in [1.29, 1.82) is 0 Å². The Kier molecular flexibility index (Phi) is 6.06. The van der Waals surface area contributed by atoms with Crippen molar-refractivity contribution < 1.29 is 14.4 Å². The van der Waals surface area contributed by atoms with Gasteiger partial charge in [0.05, 0.1) is 6.67 Å². The number of benzene rings is 1. The molecule has 0 aromatic heterocycles. The molecule has 4 aliphatic rings. The number of anilines is 1. The highest BCUT2D eigenvalue weighted by Crippen LogP contribution is 2.40. The van der Waals surface area contributed by atoms with Crippen molar-refractivity contribution in [2.45, 2.75) is 57.4 Å². The van der Waals surface area contributed by atoms with E-state index < -0.39 is 5.54 Å². The van der Waals surface area contributed by atoms with E-state index in [9.17, 15) is 14.4 Å². The Balaban J connectivity index is 1.32. The summed E-state index contributed by atoms with van der Waals surface area (Å²) in [4.78, 5) is 47.5. The zero-order valence-corrected chi connectivity index (χ0v) is 19.7. The lowest BCUT2D eigenvalue weighted by atomic mass is 9.81. The number of para-hydroxylation sites is 1. The lowest BCUT2D eigenvalue weighted by molar-refractivity contribution is -0.144. The third kappa shape index (κ3) is 4.11. The largest absolute Gasteiger partial charge is 0.342 e. The molecule has 1 aliphatic carbocycles. The molecule has 0 N–H and O–H groups in total. The highest BCUT2D eigenvalue weighted by atomic mass is 16.2. The van der Waals surface area contributed by atoms with Crippen LogP contribution in [0.3, 0.4) is 0 Å². The lowest BCUT2D eigenvalue weighted by Gasteiger charge is -2.44. The third-order valence-electron chi connectivity index (χ3n) is 8.40. The molecule has 0 unspecified atom stereocenters. The molecule has 3 heterocycles. The Labute approximate surface area is 196 Å². The van der Waals surface area contributed by atoms with Gasteiger partial charge in [0.25, 0.3) is 5.91 Å². The van der Waals surface area contributed by atoms with E-state index in [4.69, 9.17) is 0 Å². The summed E-state index contributed by atoms with van der Waals surface area (Å²) >= 11 is 0. The first kappa shape index (κ1) is 22.2. The minimum atomic E-state index is -0.672. The summed E-state index contributed by atoms with van der Waals surface area (Å²) in [5.41, 5.74) is 0.334. The lowest BCUT2D eigenvalue weighted by Crippen LogP contribution is -2.58. The van der Waals surface area contributed by atoms with E-state index in [-0.39, 0.29) is 30.2 Å². The maximum atomic E-state index is 13.8. The fourth-order valence-electron chi connectivity index (χ4n) is 5.85. The average molecular weight is 453 g/mol. The maximum absolute atomic E-state index is 13.8. The Hall–Kier alpha value is -2.57.